The molecule has 0 aliphatic heterocycles. The molecule has 19 heavy (non-hydrogen) atoms. The van der Waals surface area contributed by atoms with Gasteiger partial charge in [-0.05, 0) is 13.8 Å². The summed E-state index contributed by atoms with van der Waals surface area (Å²) in [5.74, 6) is -1.76. The van der Waals surface area contributed by atoms with E-state index in [0.29, 0.717) is 11.1 Å². The number of hydrogen-bond donors (Lipinski definition) is 1. The van der Waals surface area contributed by atoms with Gasteiger partial charge in [0, 0.05) is 17.7 Å². The molecule has 1 unspecified atom stereocenters. The van der Waals surface area contributed by atoms with Crippen LogP contribution in [0.5, 0.6) is 0 Å². The number of carbonyl (C=O) groups excluding carboxylic acids is 3. The SMILES string of the molecule is C=C(C)C(=O)NCC(C(C)=O)C(=O)c1ccccc1. The Morgan fingerprint density at radius 2 is 1.74 bits per heavy atom. The largest absolute Gasteiger partial charge is 0.351 e. The molecule has 100 valence electrons. The Labute approximate surface area is 112 Å². The van der Waals surface area contributed by atoms with Crippen molar-refractivity contribution < 1.29 is 14.4 Å². The van der Waals surface area contributed by atoms with E-state index in [-0.39, 0.29) is 24.0 Å². The third-order valence-corrected chi connectivity index (χ3v) is 2.72. The van der Waals surface area contributed by atoms with Crippen LogP contribution in [-0.4, -0.2) is 24.0 Å². The molecule has 1 aromatic carbocycles. The predicted octanol–water partition coefficient (Wildman–Crippen LogP) is 1.77. The molecule has 4 nitrogen and oxygen atoms in total. The summed E-state index contributed by atoms with van der Waals surface area (Å²) in [6.45, 7) is 6.41. The van der Waals surface area contributed by atoms with Crippen molar-refractivity contribution in [1.29, 1.82) is 0 Å². The van der Waals surface area contributed by atoms with E-state index in [9.17, 15) is 14.4 Å². The maximum atomic E-state index is 12.2. The fraction of sp³-hybridized carbons (Fsp3) is 0.267. The molecule has 0 aliphatic carbocycles. The normalized spacial score (nSPS) is 11.5. The number of rotatable bonds is 6. The smallest absolute Gasteiger partial charge is 0.246 e. The highest BCUT2D eigenvalue weighted by Gasteiger charge is 2.24. The number of nitrogens with one attached hydrogen (secondary N) is 1. The molecule has 0 bridgehead atoms. The van der Waals surface area contributed by atoms with Crippen LogP contribution in [0.2, 0.25) is 0 Å². The van der Waals surface area contributed by atoms with Gasteiger partial charge in [0.25, 0.3) is 0 Å². The Balaban J connectivity index is 2.79. The summed E-state index contributed by atoms with van der Waals surface area (Å²) >= 11 is 0. The Morgan fingerprint density at radius 1 is 1.16 bits per heavy atom. The van der Waals surface area contributed by atoms with Gasteiger partial charge in [0.05, 0.1) is 5.92 Å². The van der Waals surface area contributed by atoms with Gasteiger partial charge in [-0.2, -0.15) is 0 Å². The molecule has 4 heteroatoms. The summed E-state index contributed by atoms with van der Waals surface area (Å²) in [6, 6.07) is 8.56. The first kappa shape index (κ1) is 14.8. The first-order valence-corrected chi connectivity index (χ1v) is 5.97. The van der Waals surface area contributed by atoms with Crippen LogP contribution in [0.1, 0.15) is 24.2 Å². The second kappa shape index (κ2) is 6.64. The molecule has 0 spiro atoms. The highest BCUT2D eigenvalue weighted by Crippen LogP contribution is 2.09. The second-order valence-electron chi connectivity index (χ2n) is 4.38. The molecule has 0 aliphatic rings. The minimum Gasteiger partial charge on any atom is -0.351 e. The highest BCUT2D eigenvalue weighted by atomic mass is 16.2. The van der Waals surface area contributed by atoms with Gasteiger partial charge in [-0.25, -0.2) is 0 Å². The third-order valence-electron chi connectivity index (χ3n) is 2.72. The average molecular weight is 259 g/mol. The van der Waals surface area contributed by atoms with E-state index in [0.717, 1.165) is 0 Å². The zero-order chi connectivity index (χ0) is 14.4. The van der Waals surface area contributed by atoms with Crippen molar-refractivity contribution in [3.05, 3.63) is 48.0 Å². The quantitative estimate of drug-likeness (QED) is 0.481. The van der Waals surface area contributed by atoms with Gasteiger partial charge in [-0.15, -0.1) is 0 Å². The molecule has 1 aromatic rings. The molecule has 0 heterocycles. The molecule has 1 atom stereocenters. The van der Waals surface area contributed by atoms with Crippen molar-refractivity contribution in [3.8, 4) is 0 Å². The Hall–Kier alpha value is -2.23. The van der Waals surface area contributed by atoms with E-state index < -0.39 is 5.92 Å². The molecular formula is C15H17NO3. The van der Waals surface area contributed by atoms with E-state index in [1.165, 1.54) is 6.92 Å². The van der Waals surface area contributed by atoms with E-state index in [4.69, 9.17) is 0 Å². The fourth-order valence-electron chi connectivity index (χ4n) is 1.57. The second-order valence-corrected chi connectivity index (χ2v) is 4.38. The first-order chi connectivity index (χ1) is 8.93. The maximum Gasteiger partial charge on any atom is 0.246 e. The van der Waals surface area contributed by atoms with Gasteiger partial charge in [0.1, 0.15) is 5.78 Å². The summed E-state index contributed by atoms with van der Waals surface area (Å²) in [6.07, 6.45) is 0. The van der Waals surface area contributed by atoms with Crippen LogP contribution in [0.25, 0.3) is 0 Å². The number of carbonyl (C=O) groups is 3. The van der Waals surface area contributed by atoms with Crippen molar-refractivity contribution in [1.82, 2.24) is 5.32 Å². The average Bonchev–Trinajstić information content (AvgIpc) is 2.38. The number of amides is 1. The lowest BCUT2D eigenvalue weighted by Gasteiger charge is -2.13. The molecule has 1 amide bonds. The van der Waals surface area contributed by atoms with Gasteiger partial charge >= 0.3 is 0 Å². The maximum absolute atomic E-state index is 12.2. The highest BCUT2D eigenvalue weighted by molar-refractivity contribution is 6.10. The minimum absolute atomic E-state index is 0.00520. The van der Waals surface area contributed by atoms with Crippen molar-refractivity contribution in [2.45, 2.75) is 13.8 Å². The van der Waals surface area contributed by atoms with Gasteiger partial charge in [0.15, 0.2) is 5.78 Å². The lowest BCUT2D eigenvalue weighted by molar-refractivity contribution is -0.120. The lowest BCUT2D eigenvalue weighted by atomic mass is 9.94. The molecule has 0 radical (unpaired) electrons. The summed E-state index contributed by atoms with van der Waals surface area (Å²) in [5, 5.41) is 2.53. The molecule has 0 aromatic heterocycles. The lowest BCUT2D eigenvalue weighted by Crippen LogP contribution is -2.36. The summed E-state index contributed by atoms with van der Waals surface area (Å²) in [4.78, 5) is 35.1. The van der Waals surface area contributed by atoms with Gasteiger partial charge < -0.3 is 5.32 Å². The number of benzene rings is 1. The van der Waals surface area contributed by atoms with Crippen LogP contribution in [-0.2, 0) is 9.59 Å². The molecule has 0 fully saturated rings. The van der Waals surface area contributed by atoms with Crippen LogP contribution < -0.4 is 5.32 Å². The Morgan fingerprint density at radius 3 is 2.21 bits per heavy atom. The van der Waals surface area contributed by atoms with E-state index >= 15 is 0 Å². The van der Waals surface area contributed by atoms with Gasteiger partial charge in [-0.3, -0.25) is 14.4 Å². The van der Waals surface area contributed by atoms with E-state index in [1.807, 2.05) is 0 Å². The van der Waals surface area contributed by atoms with Crippen LogP contribution in [0.15, 0.2) is 42.5 Å². The van der Waals surface area contributed by atoms with E-state index in [2.05, 4.69) is 11.9 Å². The van der Waals surface area contributed by atoms with Crippen LogP contribution in [0, 0.1) is 5.92 Å². The number of hydrogen-bond acceptors (Lipinski definition) is 3. The first-order valence-electron chi connectivity index (χ1n) is 5.97. The summed E-state index contributed by atoms with van der Waals surface area (Å²) in [7, 11) is 0. The zero-order valence-corrected chi connectivity index (χ0v) is 11.1. The predicted molar refractivity (Wildman–Crippen MR) is 72.8 cm³/mol. The van der Waals surface area contributed by atoms with Crippen LogP contribution in [0.3, 0.4) is 0 Å². The molecule has 0 saturated carbocycles. The van der Waals surface area contributed by atoms with Gasteiger partial charge in [0.2, 0.25) is 5.91 Å². The van der Waals surface area contributed by atoms with E-state index in [1.54, 1.807) is 37.3 Å². The minimum atomic E-state index is -0.856. The molecule has 0 saturated heterocycles. The zero-order valence-electron chi connectivity index (χ0n) is 11.1. The Kier molecular flexibility index (Phi) is 5.18. The summed E-state index contributed by atoms with van der Waals surface area (Å²) < 4.78 is 0. The van der Waals surface area contributed by atoms with Crippen molar-refractivity contribution in [3.63, 3.8) is 0 Å². The van der Waals surface area contributed by atoms with Crippen molar-refractivity contribution >= 4 is 17.5 Å². The molecule has 1 rings (SSSR count). The third kappa shape index (κ3) is 4.17. The monoisotopic (exact) mass is 259 g/mol. The van der Waals surface area contributed by atoms with Crippen LogP contribution in [0.4, 0.5) is 0 Å². The van der Waals surface area contributed by atoms with Crippen molar-refractivity contribution in [2.75, 3.05) is 6.54 Å². The Bertz CT molecular complexity index is 505. The molecular weight excluding hydrogens is 242 g/mol. The summed E-state index contributed by atoms with van der Waals surface area (Å²) in [5.41, 5.74) is 0.807. The van der Waals surface area contributed by atoms with Crippen molar-refractivity contribution in [2.24, 2.45) is 5.92 Å². The fourth-order valence-corrected chi connectivity index (χ4v) is 1.57. The number of ketones is 2. The molecule has 1 N–H and O–H groups in total. The van der Waals surface area contributed by atoms with Crippen LogP contribution >= 0.6 is 0 Å². The topological polar surface area (TPSA) is 63.2 Å². The standard InChI is InChI=1S/C15H17NO3/c1-10(2)15(19)16-9-13(11(3)17)14(18)12-7-5-4-6-8-12/h4-8,13H,1,9H2,2-3H3,(H,16,19). The van der Waals surface area contributed by atoms with Gasteiger partial charge in [-0.1, -0.05) is 36.9 Å². The number of Topliss-reactive ketones (excluding diaryl/α,β-unsaturated/α-hetero) is 2.